The molecule has 0 spiro atoms. The van der Waals surface area contributed by atoms with E-state index in [4.69, 9.17) is 16.3 Å². The maximum atomic E-state index is 13.1. The maximum absolute atomic E-state index is 13.1. The summed E-state index contributed by atoms with van der Waals surface area (Å²) < 4.78 is 5.28. The first-order valence-corrected chi connectivity index (χ1v) is 10.3. The van der Waals surface area contributed by atoms with Gasteiger partial charge in [-0.05, 0) is 57.1 Å². The largest absolute Gasteiger partial charge is 0.495 e. The molecule has 1 fully saturated rings. The highest BCUT2D eigenvalue weighted by atomic mass is 35.5. The van der Waals surface area contributed by atoms with E-state index in [2.05, 4.69) is 5.32 Å². The highest BCUT2D eigenvalue weighted by Crippen LogP contribution is 2.35. The van der Waals surface area contributed by atoms with Gasteiger partial charge in [0.1, 0.15) is 5.75 Å². The molecular weight excluding hydrogens is 418 g/mol. The number of carbonyl (C=O) groups is 3. The second-order valence-electron chi connectivity index (χ2n) is 7.84. The predicted molar refractivity (Wildman–Crippen MR) is 121 cm³/mol. The number of carbonyl (C=O) groups excluding carboxylic acids is 3. The molecule has 1 saturated heterocycles. The van der Waals surface area contributed by atoms with Crippen molar-refractivity contribution in [2.24, 2.45) is 0 Å². The molecule has 164 valence electrons. The highest BCUT2D eigenvalue weighted by Gasteiger charge is 2.43. The van der Waals surface area contributed by atoms with Crippen molar-refractivity contribution in [1.82, 2.24) is 4.90 Å². The number of imide groups is 1. The third kappa shape index (κ3) is 4.73. The molecule has 3 amide bonds. The van der Waals surface area contributed by atoms with Crippen LogP contribution in [0.5, 0.6) is 5.75 Å². The molecule has 0 unspecified atom stereocenters. The minimum atomic E-state index is -0.748. The fraction of sp³-hybridized carbons (Fsp3) is 0.348. The molecule has 3 rings (SSSR count). The average molecular weight is 444 g/mol. The van der Waals surface area contributed by atoms with E-state index in [1.165, 1.54) is 13.2 Å². The summed E-state index contributed by atoms with van der Waals surface area (Å²) in [5.74, 6) is -0.661. The molecule has 1 N–H and O–H groups in total. The molecule has 0 aliphatic carbocycles. The summed E-state index contributed by atoms with van der Waals surface area (Å²) in [6.45, 7) is 5.85. The zero-order valence-electron chi connectivity index (χ0n) is 18.3. The molecule has 0 aromatic heterocycles. The Labute approximate surface area is 186 Å². The van der Waals surface area contributed by atoms with E-state index in [1.807, 2.05) is 32.9 Å². The fourth-order valence-corrected chi connectivity index (χ4v) is 4.11. The van der Waals surface area contributed by atoms with Crippen molar-refractivity contribution < 1.29 is 19.1 Å². The summed E-state index contributed by atoms with van der Waals surface area (Å²) in [7, 11) is 3.11. The lowest BCUT2D eigenvalue weighted by atomic mass is 10.1. The fourth-order valence-electron chi connectivity index (χ4n) is 3.94. The molecule has 1 aliphatic rings. The Kier molecular flexibility index (Phi) is 6.67. The summed E-state index contributed by atoms with van der Waals surface area (Å²) in [5.41, 5.74) is 4.13. The van der Waals surface area contributed by atoms with Crippen LogP contribution in [0.4, 0.5) is 11.4 Å². The Balaban J connectivity index is 1.74. The van der Waals surface area contributed by atoms with E-state index in [0.717, 1.165) is 27.3 Å². The number of rotatable bonds is 6. The first kappa shape index (κ1) is 22.8. The third-order valence-electron chi connectivity index (χ3n) is 5.37. The van der Waals surface area contributed by atoms with Crippen LogP contribution >= 0.6 is 11.6 Å². The molecule has 1 atom stereocenters. The van der Waals surface area contributed by atoms with Crippen molar-refractivity contribution in [2.75, 3.05) is 30.9 Å². The summed E-state index contributed by atoms with van der Waals surface area (Å²) in [5, 5.41) is 3.31. The molecular formula is C23H26ClN3O4. The van der Waals surface area contributed by atoms with Gasteiger partial charge in [0.25, 0.3) is 5.91 Å². The molecule has 2 aromatic carbocycles. The monoisotopic (exact) mass is 443 g/mol. The molecule has 1 aliphatic heterocycles. The van der Waals surface area contributed by atoms with Gasteiger partial charge in [0.15, 0.2) is 0 Å². The van der Waals surface area contributed by atoms with Gasteiger partial charge in [-0.3, -0.25) is 19.3 Å². The smallest absolute Gasteiger partial charge is 0.251 e. The number of anilines is 2. The van der Waals surface area contributed by atoms with Gasteiger partial charge in [-0.25, -0.2) is 4.90 Å². The molecule has 2 aromatic rings. The highest BCUT2D eigenvalue weighted by molar-refractivity contribution is 6.31. The number of benzene rings is 2. The number of nitrogens with one attached hydrogen (secondary N) is 1. The quantitative estimate of drug-likeness (QED) is 0.691. The molecule has 0 bridgehead atoms. The zero-order valence-corrected chi connectivity index (χ0v) is 19.0. The second kappa shape index (κ2) is 9.08. The van der Waals surface area contributed by atoms with E-state index in [1.54, 1.807) is 24.1 Å². The normalized spacial score (nSPS) is 16.2. The summed E-state index contributed by atoms with van der Waals surface area (Å²) in [6, 6.07) is 8.01. The van der Waals surface area contributed by atoms with Crippen molar-refractivity contribution in [2.45, 2.75) is 33.2 Å². The van der Waals surface area contributed by atoms with Crippen LogP contribution in [0.3, 0.4) is 0 Å². The van der Waals surface area contributed by atoms with Crippen molar-refractivity contribution in [3.63, 3.8) is 0 Å². The minimum Gasteiger partial charge on any atom is -0.495 e. The number of halogens is 1. The summed E-state index contributed by atoms with van der Waals surface area (Å²) in [6.07, 6.45) is -0.0269. The number of amides is 3. The number of likely N-dealkylation sites (N-methyl/N-ethyl adjacent to an activating group) is 1. The second-order valence-corrected chi connectivity index (χ2v) is 8.28. The van der Waals surface area contributed by atoms with E-state index < -0.39 is 11.9 Å². The molecule has 7 nitrogen and oxygen atoms in total. The van der Waals surface area contributed by atoms with Crippen LogP contribution in [0.15, 0.2) is 30.3 Å². The van der Waals surface area contributed by atoms with Crippen molar-refractivity contribution in [3.8, 4) is 5.75 Å². The Morgan fingerprint density at radius 2 is 1.84 bits per heavy atom. The lowest BCUT2D eigenvalue weighted by molar-refractivity contribution is -0.123. The van der Waals surface area contributed by atoms with Crippen molar-refractivity contribution in [3.05, 3.63) is 52.0 Å². The number of ether oxygens (including phenoxy) is 1. The minimum absolute atomic E-state index is 0.0269. The topological polar surface area (TPSA) is 79.0 Å². The van der Waals surface area contributed by atoms with Crippen LogP contribution in [0.2, 0.25) is 5.02 Å². The zero-order chi connectivity index (χ0) is 22.9. The number of hydrogen-bond acceptors (Lipinski definition) is 5. The molecule has 1 heterocycles. The van der Waals surface area contributed by atoms with Gasteiger partial charge >= 0.3 is 0 Å². The van der Waals surface area contributed by atoms with Gasteiger partial charge in [0.05, 0.1) is 31.8 Å². The Bertz CT molecular complexity index is 1030. The third-order valence-corrected chi connectivity index (χ3v) is 5.61. The van der Waals surface area contributed by atoms with Crippen molar-refractivity contribution in [1.29, 1.82) is 0 Å². The van der Waals surface area contributed by atoms with E-state index in [-0.39, 0.29) is 24.8 Å². The first-order valence-electron chi connectivity index (χ1n) is 9.90. The van der Waals surface area contributed by atoms with E-state index >= 15 is 0 Å². The molecule has 8 heteroatoms. The summed E-state index contributed by atoms with van der Waals surface area (Å²) in [4.78, 5) is 41.0. The van der Waals surface area contributed by atoms with Gasteiger partial charge < -0.3 is 10.1 Å². The first-order chi connectivity index (χ1) is 14.6. The van der Waals surface area contributed by atoms with Crippen LogP contribution in [0, 0.1) is 20.8 Å². The summed E-state index contributed by atoms with van der Waals surface area (Å²) >= 11 is 6.06. The molecule has 31 heavy (non-hydrogen) atoms. The SMILES string of the molecule is COc1ccc(Cl)cc1N1C(=O)C[C@H](N(C)CC(=O)Nc2c(C)cc(C)cc2C)C1=O. The van der Waals surface area contributed by atoms with Crippen molar-refractivity contribution >= 4 is 40.7 Å². The molecule has 0 radical (unpaired) electrons. The Hall–Kier alpha value is -2.90. The van der Waals surface area contributed by atoms with Gasteiger partial charge in [-0.15, -0.1) is 0 Å². The van der Waals surface area contributed by atoms with Crippen LogP contribution in [0.25, 0.3) is 0 Å². The molecule has 0 saturated carbocycles. The average Bonchev–Trinajstić information content (AvgIpc) is 2.98. The standard InChI is InChI=1S/C23H26ClN3O4/c1-13-8-14(2)22(15(3)9-13)25-20(28)12-26(4)18-11-21(29)27(23(18)30)17-10-16(24)6-7-19(17)31-5/h6-10,18H,11-12H2,1-5H3,(H,25,28)/t18-/m0/s1. The van der Waals surface area contributed by atoms with Crippen LogP contribution in [0.1, 0.15) is 23.1 Å². The number of nitrogens with zero attached hydrogens (tertiary/aromatic N) is 2. The Morgan fingerprint density at radius 3 is 2.45 bits per heavy atom. The van der Waals surface area contributed by atoms with Crippen LogP contribution in [-0.2, 0) is 14.4 Å². The van der Waals surface area contributed by atoms with Gasteiger partial charge in [0, 0.05) is 10.7 Å². The lowest BCUT2D eigenvalue weighted by Gasteiger charge is -2.23. The Morgan fingerprint density at radius 1 is 1.19 bits per heavy atom. The van der Waals surface area contributed by atoms with Gasteiger partial charge in [0.2, 0.25) is 11.8 Å². The number of methoxy groups -OCH3 is 1. The maximum Gasteiger partial charge on any atom is 0.251 e. The number of hydrogen-bond donors (Lipinski definition) is 1. The van der Waals surface area contributed by atoms with E-state index in [0.29, 0.717) is 16.5 Å². The predicted octanol–water partition coefficient (Wildman–Crippen LogP) is 3.48. The van der Waals surface area contributed by atoms with Gasteiger partial charge in [-0.2, -0.15) is 0 Å². The lowest BCUT2D eigenvalue weighted by Crippen LogP contribution is -2.43. The van der Waals surface area contributed by atoms with Crippen LogP contribution in [-0.4, -0.2) is 49.4 Å². The van der Waals surface area contributed by atoms with E-state index in [9.17, 15) is 14.4 Å². The van der Waals surface area contributed by atoms with Gasteiger partial charge in [-0.1, -0.05) is 29.3 Å². The number of aryl methyl sites for hydroxylation is 3. The van der Waals surface area contributed by atoms with Crippen LogP contribution < -0.4 is 15.0 Å².